The number of carbonyl (C=O) groups excluding carboxylic acids is 2. The number of primary amides is 1. The van der Waals surface area contributed by atoms with E-state index in [9.17, 15) is 9.59 Å². The highest BCUT2D eigenvalue weighted by Crippen LogP contribution is 2.19. The number of benzene rings is 1. The summed E-state index contributed by atoms with van der Waals surface area (Å²) in [6.07, 6.45) is 1.57. The van der Waals surface area contributed by atoms with Crippen LogP contribution in [0.2, 0.25) is 0 Å². The highest BCUT2D eigenvalue weighted by Gasteiger charge is 2.18. The van der Waals surface area contributed by atoms with Gasteiger partial charge < -0.3 is 5.73 Å². The van der Waals surface area contributed by atoms with E-state index in [-0.39, 0.29) is 0 Å². The van der Waals surface area contributed by atoms with Crippen LogP contribution >= 0.6 is 11.8 Å². The third-order valence-corrected chi connectivity index (χ3v) is 3.35. The summed E-state index contributed by atoms with van der Waals surface area (Å²) in [6.45, 7) is 1.64. The van der Waals surface area contributed by atoms with Crippen LogP contribution in [0.4, 0.5) is 4.79 Å². The number of nitrogens with one attached hydrogen (secondary N) is 1. The minimum atomic E-state index is -0.870. The first-order valence-corrected chi connectivity index (χ1v) is 6.68. The van der Waals surface area contributed by atoms with E-state index in [2.05, 4.69) is 10.1 Å². The maximum atomic E-state index is 11.5. The van der Waals surface area contributed by atoms with Crippen LogP contribution in [0.1, 0.15) is 6.92 Å². The summed E-state index contributed by atoms with van der Waals surface area (Å²) in [7, 11) is 0. The predicted octanol–water partition coefficient (Wildman–Crippen LogP) is 0.943. The SMILES string of the molecule is C[C@H](Sc1ncn(-c2ccccc2)n1)C(=O)NC(N)=O. The Morgan fingerprint density at radius 1 is 1.35 bits per heavy atom. The summed E-state index contributed by atoms with van der Waals surface area (Å²) in [5.41, 5.74) is 5.77. The molecule has 0 fully saturated rings. The van der Waals surface area contributed by atoms with Crippen LogP contribution in [0.5, 0.6) is 0 Å². The maximum Gasteiger partial charge on any atom is 0.318 e. The molecule has 7 nitrogen and oxygen atoms in total. The highest BCUT2D eigenvalue weighted by atomic mass is 32.2. The Morgan fingerprint density at radius 3 is 2.70 bits per heavy atom. The van der Waals surface area contributed by atoms with Crippen LogP contribution < -0.4 is 11.1 Å². The van der Waals surface area contributed by atoms with Gasteiger partial charge in [-0.3, -0.25) is 10.1 Å². The van der Waals surface area contributed by atoms with Gasteiger partial charge in [-0.05, 0) is 19.1 Å². The summed E-state index contributed by atoms with van der Waals surface area (Å²) in [5.74, 6) is -0.474. The van der Waals surface area contributed by atoms with Crippen molar-refractivity contribution in [2.24, 2.45) is 5.73 Å². The van der Waals surface area contributed by atoms with Crippen LogP contribution in [0.3, 0.4) is 0 Å². The van der Waals surface area contributed by atoms with Crippen LogP contribution in [0.25, 0.3) is 5.69 Å². The summed E-state index contributed by atoms with van der Waals surface area (Å²) in [4.78, 5) is 26.3. The fourth-order valence-corrected chi connectivity index (χ4v) is 2.17. The van der Waals surface area contributed by atoms with E-state index in [4.69, 9.17) is 5.73 Å². The summed E-state index contributed by atoms with van der Waals surface area (Å²) >= 11 is 1.15. The Balaban J connectivity index is 2.03. The standard InChI is InChI=1S/C12H13N5O2S/c1-8(10(18)15-11(13)19)20-12-14-7-17(16-12)9-5-3-2-4-6-9/h2-8H,1H3,(H3,13,15,18,19)/t8-/m0/s1. The minimum Gasteiger partial charge on any atom is -0.351 e. The number of para-hydroxylation sites is 1. The molecule has 3 amide bonds. The predicted molar refractivity (Wildman–Crippen MR) is 74.4 cm³/mol. The van der Waals surface area contributed by atoms with Gasteiger partial charge in [0.05, 0.1) is 10.9 Å². The van der Waals surface area contributed by atoms with Crippen molar-refractivity contribution in [3.8, 4) is 5.69 Å². The number of thioether (sulfide) groups is 1. The number of nitrogens with zero attached hydrogens (tertiary/aromatic N) is 3. The largest absolute Gasteiger partial charge is 0.351 e. The van der Waals surface area contributed by atoms with E-state index >= 15 is 0 Å². The molecular formula is C12H13N5O2S. The molecule has 8 heteroatoms. The number of rotatable bonds is 4. The number of nitrogens with two attached hydrogens (primary N) is 1. The number of imide groups is 1. The third-order valence-electron chi connectivity index (χ3n) is 2.39. The second-order valence-corrected chi connectivity index (χ2v) is 5.23. The highest BCUT2D eigenvalue weighted by molar-refractivity contribution is 8.00. The molecule has 0 saturated heterocycles. The monoisotopic (exact) mass is 291 g/mol. The fraction of sp³-hybridized carbons (Fsp3) is 0.167. The lowest BCUT2D eigenvalue weighted by atomic mass is 10.3. The molecule has 0 unspecified atom stereocenters. The molecule has 0 spiro atoms. The van der Waals surface area contributed by atoms with Gasteiger partial charge in [0.1, 0.15) is 6.33 Å². The molecule has 3 N–H and O–H groups in total. The molecular weight excluding hydrogens is 278 g/mol. The van der Waals surface area contributed by atoms with E-state index < -0.39 is 17.2 Å². The maximum absolute atomic E-state index is 11.5. The normalized spacial score (nSPS) is 11.8. The molecule has 0 bridgehead atoms. The topological polar surface area (TPSA) is 103 Å². The van der Waals surface area contributed by atoms with Gasteiger partial charge in [-0.15, -0.1) is 5.10 Å². The molecule has 1 aromatic heterocycles. The number of aromatic nitrogens is 3. The van der Waals surface area contributed by atoms with Gasteiger partial charge in [-0.2, -0.15) is 0 Å². The Morgan fingerprint density at radius 2 is 2.05 bits per heavy atom. The van der Waals surface area contributed by atoms with Gasteiger partial charge >= 0.3 is 6.03 Å². The molecule has 20 heavy (non-hydrogen) atoms. The summed E-state index contributed by atoms with van der Waals surface area (Å²) in [6, 6.07) is 8.62. The van der Waals surface area contributed by atoms with Crippen molar-refractivity contribution < 1.29 is 9.59 Å². The first-order valence-electron chi connectivity index (χ1n) is 5.80. The molecule has 0 saturated carbocycles. The van der Waals surface area contributed by atoms with Crippen molar-refractivity contribution in [3.63, 3.8) is 0 Å². The van der Waals surface area contributed by atoms with Crippen molar-refractivity contribution in [3.05, 3.63) is 36.7 Å². The van der Waals surface area contributed by atoms with Crippen LogP contribution in [0.15, 0.2) is 41.8 Å². The molecule has 1 heterocycles. The van der Waals surface area contributed by atoms with Crippen molar-refractivity contribution >= 4 is 23.7 Å². The van der Waals surface area contributed by atoms with Gasteiger partial charge in [0.25, 0.3) is 0 Å². The van der Waals surface area contributed by atoms with E-state index in [0.29, 0.717) is 5.16 Å². The number of hydrogen-bond donors (Lipinski definition) is 2. The van der Waals surface area contributed by atoms with E-state index in [0.717, 1.165) is 17.4 Å². The van der Waals surface area contributed by atoms with Crippen LogP contribution in [-0.2, 0) is 4.79 Å². The zero-order valence-corrected chi connectivity index (χ0v) is 11.5. The lowest BCUT2D eigenvalue weighted by molar-refractivity contribution is -0.119. The molecule has 0 aliphatic carbocycles. The fourth-order valence-electron chi connectivity index (χ4n) is 1.44. The first kappa shape index (κ1) is 14.1. The van der Waals surface area contributed by atoms with Crippen molar-refractivity contribution in [2.75, 3.05) is 0 Å². The molecule has 104 valence electrons. The minimum absolute atomic E-state index is 0.445. The Hall–Kier alpha value is -2.35. The Labute approximate surface area is 119 Å². The van der Waals surface area contributed by atoms with Crippen molar-refractivity contribution in [1.82, 2.24) is 20.1 Å². The Kier molecular flexibility index (Phi) is 4.36. The molecule has 1 aromatic carbocycles. The van der Waals surface area contributed by atoms with Crippen molar-refractivity contribution in [1.29, 1.82) is 0 Å². The number of carbonyl (C=O) groups is 2. The molecule has 0 radical (unpaired) electrons. The van der Waals surface area contributed by atoms with Gasteiger partial charge in [-0.25, -0.2) is 14.5 Å². The Bertz CT molecular complexity index is 613. The smallest absolute Gasteiger partial charge is 0.318 e. The average Bonchev–Trinajstić information content (AvgIpc) is 2.87. The third kappa shape index (κ3) is 3.58. The lowest BCUT2D eigenvalue weighted by Gasteiger charge is -2.06. The lowest BCUT2D eigenvalue weighted by Crippen LogP contribution is -2.39. The second kappa shape index (κ2) is 6.20. The van der Waals surface area contributed by atoms with E-state index in [1.54, 1.807) is 17.9 Å². The van der Waals surface area contributed by atoms with Gasteiger partial charge in [-0.1, -0.05) is 30.0 Å². The quantitative estimate of drug-likeness (QED) is 0.816. The average molecular weight is 291 g/mol. The molecule has 1 atom stereocenters. The summed E-state index contributed by atoms with van der Waals surface area (Å²) < 4.78 is 1.61. The van der Waals surface area contributed by atoms with Crippen LogP contribution in [0, 0.1) is 0 Å². The first-order chi connectivity index (χ1) is 9.56. The molecule has 2 rings (SSSR count). The van der Waals surface area contributed by atoms with E-state index in [1.807, 2.05) is 35.6 Å². The van der Waals surface area contributed by atoms with E-state index in [1.165, 1.54) is 0 Å². The van der Waals surface area contributed by atoms with Crippen LogP contribution in [-0.4, -0.2) is 32.0 Å². The molecule has 0 aliphatic heterocycles. The number of urea groups is 1. The van der Waals surface area contributed by atoms with Gasteiger partial charge in [0.15, 0.2) is 0 Å². The van der Waals surface area contributed by atoms with Gasteiger partial charge in [0, 0.05) is 0 Å². The van der Waals surface area contributed by atoms with Crippen molar-refractivity contribution in [2.45, 2.75) is 17.3 Å². The summed E-state index contributed by atoms with van der Waals surface area (Å²) in [5, 5.41) is 6.20. The second-order valence-electron chi connectivity index (χ2n) is 3.92. The van der Waals surface area contributed by atoms with Gasteiger partial charge in [0.2, 0.25) is 11.1 Å². The number of hydrogen-bond acceptors (Lipinski definition) is 5. The molecule has 0 aliphatic rings. The molecule has 2 aromatic rings. The zero-order chi connectivity index (χ0) is 14.5. The number of amides is 3. The zero-order valence-electron chi connectivity index (χ0n) is 10.7.